The average molecular weight is 285 g/mol. The summed E-state index contributed by atoms with van der Waals surface area (Å²) in [6.45, 7) is 1.25. The first-order chi connectivity index (χ1) is 9.47. The monoisotopic (exact) mass is 285 g/mol. The van der Waals surface area contributed by atoms with Crippen LogP contribution in [0.5, 0.6) is 0 Å². The van der Waals surface area contributed by atoms with E-state index < -0.39 is 17.6 Å². The van der Waals surface area contributed by atoms with Crippen molar-refractivity contribution in [2.45, 2.75) is 19.1 Å². The number of hydrogen-bond acceptors (Lipinski definition) is 7. The minimum atomic E-state index is -0.984. The van der Waals surface area contributed by atoms with Crippen LogP contribution in [0.1, 0.15) is 6.92 Å². The number of hydrogen-bond donors (Lipinski definition) is 5. The molecular weight excluding hydrogens is 266 g/mol. The maximum Gasteiger partial charge on any atom is 0.294 e. The Bertz CT molecular complexity index is 455. The number of aliphatic hydroxyl groups is 3. The summed E-state index contributed by atoms with van der Waals surface area (Å²) < 4.78 is 0. The van der Waals surface area contributed by atoms with Crippen LogP contribution in [-0.2, 0) is 0 Å². The van der Waals surface area contributed by atoms with Gasteiger partial charge in [0.15, 0.2) is 0 Å². The Kier molecular flexibility index (Phi) is 6.16. The molecule has 1 aromatic rings. The molecule has 0 aliphatic rings. The number of rotatable bonds is 8. The largest absolute Gasteiger partial charge is 0.394 e. The van der Waals surface area contributed by atoms with Gasteiger partial charge in [-0.15, -0.1) is 0 Å². The number of benzene rings is 1. The lowest BCUT2D eigenvalue weighted by Gasteiger charge is -2.14. The van der Waals surface area contributed by atoms with Crippen molar-refractivity contribution in [2.24, 2.45) is 0 Å². The highest BCUT2D eigenvalue weighted by Gasteiger charge is 2.16. The molecule has 0 aliphatic heterocycles. The predicted molar refractivity (Wildman–Crippen MR) is 74.8 cm³/mol. The summed E-state index contributed by atoms with van der Waals surface area (Å²) in [6.07, 6.45) is -0.984. The van der Waals surface area contributed by atoms with Crippen LogP contribution in [0.3, 0.4) is 0 Å². The second-order valence-electron chi connectivity index (χ2n) is 4.43. The Morgan fingerprint density at radius 3 is 2.60 bits per heavy atom. The molecule has 5 N–H and O–H groups in total. The zero-order chi connectivity index (χ0) is 15.1. The van der Waals surface area contributed by atoms with Crippen molar-refractivity contribution in [1.29, 1.82) is 0 Å². The molecule has 0 spiro atoms. The molecule has 8 nitrogen and oxygen atoms in total. The van der Waals surface area contributed by atoms with Crippen molar-refractivity contribution >= 4 is 17.1 Å². The number of aliphatic hydroxyl groups excluding tert-OH is 3. The second kappa shape index (κ2) is 7.63. The summed E-state index contributed by atoms with van der Waals surface area (Å²) in [5.74, 6) is 0. The van der Waals surface area contributed by atoms with Gasteiger partial charge in [0.25, 0.3) is 5.69 Å². The summed E-state index contributed by atoms with van der Waals surface area (Å²) in [6, 6.07) is 4.27. The van der Waals surface area contributed by atoms with E-state index in [1.54, 1.807) is 13.0 Å². The molecule has 112 valence electrons. The molecule has 2 unspecified atom stereocenters. The van der Waals surface area contributed by atoms with Crippen molar-refractivity contribution in [2.75, 3.05) is 30.4 Å². The van der Waals surface area contributed by atoms with Gasteiger partial charge in [-0.05, 0) is 19.1 Å². The SMILES string of the molecule is CC(CO)Nc1ccc(NCC(O)CO)c([N+](=O)[O-])c1. The van der Waals surface area contributed by atoms with E-state index >= 15 is 0 Å². The molecule has 0 radical (unpaired) electrons. The van der Waals surface area contributed by atoms with Gasteiger partial charge in [0.05, 0.1) is 24.2 Å². The van der Waals surface area contributed by atoms with E-state index in [1.165, 1.54) is 12.1 Å². The molecule has 0 saturated heterocycles. The molecule has 0 fully saturated rings. The van der Waals surface area contributed by atoms with E-state index in [9.17, 15) is 15.2 Å². The molecule has 1 rings (SSSR count). The number of nitrogens with zero attached hydrogens (tertiary/aromatic N) is 1. The third-order valence-corrected chi connectivity index (χ3v) is 2.62. The van der Waals surface area contributed by atoms with E-state index in [0.717, 1.165) is 0 Å². The van der Waals surface area contributed by atoms with E-state index in [0.29, 0.717) is 5.69 Å². The molecule has 0 heterocycles. The highest BCUT2D eigenvalue weighted by atomic mass is 16.6. The lowest BCUT2D eigenvalue weighted by Crippen LogP contribution is -2.23. The van der Waals surface area contributed by atoms with E-state index in [4.69, 9.17) is 10.2 Å². The van der Waals surface area contributed by atoms with Gasteiger partial charge in [0.2, 0.25) is 0 Å². The van der Waals surface area contributed by atoms with Gasteiger partial charge in [0.1, 0.15) is 5.69 Å². The lowest BCUT2D eigenvalue weighted by atomic mass is 10.2. The summed E-state index contributed by atoms with van der Waals surface area (Å²) in [5, 5.41) is 43.5. The number of nitro groups is 1. The van der Waals surface area contributed by atoms with Crippen LogP contribution in [0.4, 0.5) is 17.1 Å². The summed E-state index contributed by atoms with van der Waals surface area (Å²) in [7, 11) is 0. The van der Waals surface area contributed by atoms with Crippen LogP contribution < -0.4 is 10.6 Å². The van der Waals surface area contributed by atoms with Crippen molar-refractivity contribution in [3.8, 4) is 0 Å². The Balaban J connectivity index is 2.87. The van der Waals surface area contributed by atoms with E-state index in [1.807, 2.05) is 0 Å². The van der Waals surface area contributed by atoms with Crippen molar-refractivity contribution < 1.29 is 20.2 Å². The summed E-state index contributed by atoms with van der Waals surface area (Å²) in [4.78, 5) is 10.5. The summed E-state index contributed by atoms with van der Waals surface area (Å²) in [5.41, 5.74) is 0.626. The Labute approximate surface area is 116 Å². The molecule has 0 aliphatic carbocycles. The normalized spacial score (nSPS) is 13.6. The standard InChI is InChI=1S/C12H19N3O5/c1-8(6-16)14-9-2-3-11(12(4-9)15(19)20)13-5-10(18)7-17/h2-4,8,10,13-14,16-18H,5-7H2,1H3. The van der Waals surface area contributed by atoms with Crippen LogP contribution in [-0.4, -0.2) is 52.1 Å². The first kappa shape index (κ1) is 16.2. The zero-order valence-electron chi connectivity index (χ0n) is 11.1. The highest BCUT2D eigenvalue weighted by molar-refractivity contribution is 5.68. The first-order valence-electron chi connectivity index (χ1n) is 6.16. The minimum absolute atomic E-state index is 0.0111. The van der Waals surface area contributed by atoms with Crippen LogP contribution in [0.2, 0.25) is 0 Å². The molecule has 2 atom stereocenters. The molecule has 0 saturated carbocycles. The van der Waals surface area contributed by atoms with Gasteiger partial charge >= 0.3 is 0 Å². The van der Waals surface area contributed by atoms with Crippen molar-refractivity contribution in [1.82, 2.24) is 0 Å². The predicted octanol–water partition coefficient (Wildman–Crippen LogP) is 0.153. The fraction of sp³-hybridized carbons (Fsp3) is 0.500. The molecule has 1 aromatic carbocycles. The summed E-state index contributed by atoms with van der Waals surface area (Å²) >= 11 is 0. The van der Waals surface area contributed by atoms with E-state index in [-0.39, 0.29) is 30.6 Å². The maximum atomic E-state index is 11.0. The van der Waals surface area contributed by atoms with Gasteiger partial charge in [-0.3, -0.25) is 10.1 Å². The third kappa shape index (κ3) is 4.65. The number of nitrogens with one attached hydrogen (secondary N) is 2. The van der Waals surface area contributed by atoms with Gasteiger partial charge in [-0.1, -0.05) is 0 Å². The minimum Gasteiger partial charge on any atom is -0.394 e. The smallest absolute Gasteiger partial charge is 0.294 e. The topological polar surface area (TPSA) is 128 Å². The molecular formula is C12H19N3O5. The van der Waals surface area contributed by atoms with Gasteiger partial charge in [-0.25, -0.2) is 0 Å². The first-order valence-corrected chi connectivity index (χ1v) is 6.16. The zero-order valence-corrected chi connectivity index (χ0v) is 11.1. The Morgan fingerprint density at radius 1 is 1.35 bits per heavy atom. The molecule has 0 aromatic heterocycles. The van der Waals surface area contributed by atoms with Crippen LogP contribution in [0.25, 0.3) is 0 Å². The fourth-order valence-corrected chi connectivity index (χ4v) is 1.54. The number of anilines is 2. The molecule has 0 amide bonds. The average Bonchev–Trinajstić information content (AvgIpc) is 2.44. The Morgan fingerprint density at radius 2 is 2.05 bits per heavy atom. The van der Waals surface area contributed by atoms with Crippen molar-refractivity contribution in [3.63, 3.8) is 0 Å². The lowest BCUT2D eigenvalue weighted by molar-refractivity contribution is -0.383. The quantitative estimate of drug-likeness (QED) is 0.340. The molecule has 8 heteroatoms. The maximum absolute atomic E-state index is 11.0. The third-order valence-electron chi connectivity index (χ3n) is 2.62. The second-order valence-corrected chi connectivity index (χ2v) is 4.43. The van der Waals surface area contributed by atoms with Crippen molar-refractivity contribution in [3.05, 3.63) is 28.3 Å². The van der Waals surface area contributed by atoms with E-state index in [2.05, 4.69) is 10.6 Å². The van der Waals surface area contributed by atoms with Gasteiger partial charge in [0, 0.05) is 24.3 Å². The Hall–Kier alpha value is -1.90. The van der Waals surface area contributed by atoms with Crippen LogP contribution in [0.15, 0.2) is 18.2 Å². The van der Waals surface area contributed by atoms with Crippen LogP contribution >= 0.6 is 0 Å². The molecule has 20 heavy (non-hydrogen) atoms. The molecule has 0 bridgehead atoms. The van der Waals surface area contributed by atoms with Gasteiger partial charge < -0.3 is 26.0 Å². The van der Waals surface area contributed by atoms with Crippen LogP contribution in [0, 0.1) is 10.1 Å². The highest BCUT2D eigenvalue weighted by Crippen LogP contribution is 2.28. The fourth-order valence-electron chi connectivity index (χ4n) is 1.54. The number of nitro benzene ring substituents is 1. The van der Waals surface area contributed by atoms with Gasteiger partial charge in [-0.2, -0.15) is 0 Å².